The highest BCUT2D eigenvalue weighted by Gasteiger charge is 2.34. The van der Waals surface area contributed by atoms with Crippen molar-refractivity contribution < 1.29 is 13.2 Å². The molecule has 0 radical (unpaired) electrons. The normalized spacial score (nSPS) is 23.0. The second-order valence-corrected chi connectivity index (χ2v) is 10.4. The average molecular weight is 393 g/mol. The highest BCUT2D eigenvalue weighted by molar-refractivity contribution is 7.89. The zero-order valence-corrected chi connectivity index (χ0v) is 17.5. The summed E-state index contributed by atoms with van der Waals surface area (Å²) < 4.78 is 27.4. The van der Waals surface area contributed by atoms with Crippen LogP contribution in [0.25, 0.3) is 0 Å². The number of likely N-dealkylation sites (tertiary alicyclic amines) is 1. The molecule has 2 aliphatic rings. The zero-order valence-electron chi connectivity index (χ0n) is 16.7. The molecular weight excluding hydrogens is 360 g/mol. The van der Waals surface area contributed by atoms with Gasteiger partial charge in [0.25, 0.3) is 0 Å². The summed E-state index contributed by atoms with van der Waals surface area (Å²) in [6, 6.07) is 7.20. The lowest BCUT2D eigenvalue weighted by molar-refractivity contribution is -0.138. The lowest BCUT2D eigenvalue weighted by Gasteiger charge is -2.36. The smallest absolute Gasteiger partial charge is 0.243 e. The number of amides is 1. The van der Waals surface area contributed by atoms with Crippen LogP contribution in [-0.2, 0) is 14.8 Å². The molecule has 0 spiro atoms. The predicted molar refractivity (Wildman–Crippen MR) is 107 cm³/mol. The van der Waals surface area contributed by atoms with Gasteiger partial charge in [0.2, 0.25) is 15.9 Å². The van der Waals surface area contributed by atoms with Gasteiger partial charge in [0, 0.05) is 32.1 Å². The Balaban J connectivity index is 1.61. The third kappa shape index (κ3) is 4.54. The summed E-state index contributed by atoms with van der Waals surface area (Å²) in [5, 5.41) is 0. The summed E-state index contributed by atoms with van der Waals surface area (Å²) in [6.45, 7) is 8.92. The fraction of sp³-hybridized carbons (Fsp3) is 0.667. The molecule has 1 atom stereocenters. The van der Waals surface area contributed by atoms with E-state index in [0.717, 1.165) is 25.1 Å². The number of hydrogen-bond acceptors (Lipinski definition) is 3. The van der Waals surface area contributed by atoms with Crippen LogP contribution in [0.5, 0.6) is 0 Å². The van der Waals surface area contributed by atoms with E-state index in [9.17, 15) is 13.2 Å². The van der Waals surface area contributed by atoms with Crippen LogP contribution in [0.1, 0.15) is 57.9 Å². The highest BCUT2D eigenvalue weighted by atomic mass is 32.2. The fourth-order valence-corrected chi connectivity index (χ4v) is 5.63. The first kappa shape index (κ1) is 20.3. The Kier molecular flexibility index (Phi) is 6.26. The lowest BCUT2D eigenvalue weighted by Crippen LogP contribution is -2.46. The maximum absolute atomic E-state index is 12.9. The van der Waals surface area contributed by atoms with E-state index in [-0.39, 0.29) is 11.8 Å². The van der Waals surface area contributed by atoms with Crippen molar-refractivity contribution in [3.05, 3.63) is 29.8 Å². The van der Waals surface area contributed by atoms with Gasteiger partial charge in [-0.2, -0.15) is 4.31 Å². The Bertz CT molecular complexity index is 750. The Morgan fingerprint density at radius 1 is 1.04 bits per heavy atom. The van der Waals surface area contributed by atoms with Gasteiger partial charge in [0.15, 0.2) is 0 Å². The number of rotatable bonds is 4. The highest BCUT2D eigenvalue weighted by Crippen LogP contribution is 2.27. The van der Waals surface area contributed by atoms with Crippen LogP contribution < -0.4 is 0 Å². The topological polar surface area (TPSA) is 57.7 Å². The SMILES string of the molecule is CC1CCCN(C(=O)C2CCN(S(=O)(=O)c3ccc(C(C)C)cc3)CC2)C1. The molecule has 0 aromatic heterocycles. The van der Waals surface area contributed by atoms with Crippen molar-refractivity contribution in [3.8, 4) is 0 Å². The molecule has 27 heavy (non-hydrogen) atoms. The van der Waals surface area contributed by atoms with Gasteiger partial charge in [-0.15, -0.1) is 0 Å². The molecule has 0 bridgehead atoms. The van der Waals surface area contributed by atoms with Crippen LogP contribution in [0.15, 0.2) is 29.2 Å². The molecule has 2 saturated heterocycles. The van der Waals surface area contributed by atoms with E-state index in [1.54, 1.807) is 16.4 Å². The molecule has 3 rings (SSSR count). The third-order valence-electron chi connectivity index (χ3n) is 5.96. The number of carbonyl (C=O) groups excluding carboxylic acids is 1. The molecular formula is C21H32N2O3S. The van der Waals surface area contributed by atoms with Crippen LogP contribution in [0.4, 0.5) is 0 Å². The predicted octanol–water partition coefficient (Wildman–Crippen LogP) is 3.47. The van der Waals surface area contributed by atoms with Crippen LogP contribution in [-0.4, -0.2) is 49.7 Å². The number of nitrogens with zero attached hydrogens (tertiary/aromatic N) is 2. The standard InChI is InChI=1S/C21H32N2O3S/c1-16(2)18-6-8-20(9-7-18)27(25,26)23-13-10-19(11-14-23)21(24)22-12-4-5-17(3)15-22/h6-9,16-17,19H,4-5,10-15H2,1-3H3. The first-order valence-electron chi connectivity index (χ1n) is 10.2. The number of piperidine rings is 2. The summed E-state index contributed by atoms with van der Waals surface area (Å²) in [5.74, 6) is 1.13. The molecule has 6 heteroatoms. The molecule has 1 aromatic carbocycles. The van der Waals surface area contributed by atoms with Crippen molar-refractivity contribution in [1.29, 1.82) is 0 Å². The van der Waals surface area contributed by atoms with Crippen molar-refractivity contribution in [2.75, 3.05) is 26.2 Å². The first-order chi connectivity index (χ1) is 12.8. The maximum atomic E-state index is 12.9. The molecule has 1 amide bonds. The number of hydrogen-bond donors (Lipinski definition) is 0. The minimum atomic E-state index is -3.48. The Hall–Kier alpha value is -1.40. The molecule has 5 nitrogen and oxygen atoms in total. The summed E-state index contributed by atoms with van der Waals surface area (Å²) >= 11 is 0. The van der Waals surface area contributed by atoms with Gasteiger partial charge < -0.3 is 4.90 Å². The molecule has 0 aliphatic carbocycles. The summed E-state index contributed by atoms with van der Waals surface area (Å²) in [5.41, 5.74) is 1.13. The first-order valence-corrected chi connectivity index (χ1v) is 11.6. The largest absolute Gasteiger partial charge is 0.342 e. The Labute approximate surface area is 163 Å². The van der Waals surface area contributed by atoms with Crippen LogP contribution in [0.2, 0.25) is 0 Å². The minimum Gasteiger partial charge on any atom is -0.342 e. The number of carbonyl (C=O) groups is 1. The van der Waals surface area contributed by atoms with Crippen molar-refractivity contribution in [3.63, 3.8) is 0 Å². The van der Waals surface area contributed by atoms with Crippen LogP contribution in [0.3, 0.4) is 0 Å². The van der Waals surface area contributed by atoms with Crippen molar-refractivity contribution in [1.82, 2.24) is 9.21 Å². The van der Waals surface area contributed by atoms with Gasteiger partial charge in [0.05, 0.1) is 4.90 Å². The van der Waals surface area contributed by atoms with Gasteiger partial charge >= 0.3 is 0 Å². The summed E-state index contributed by atoms with van der Waals surface area (Å²) in [6.07, 6.45) is 3.50. The van der Waals surface area contributed by atoms with Crippen molar-refractivity contribution >= 4 is 15.9 Å². The summed E-state index contributed by atoms with van der Waals surface area (Å²) in [7, 11) is -3.48. The van der Waals surface area contributed by atoms with Gasteiger partial charge in [-0.3, -0.25) is 4.79 Å². The van der Waals surface area contributed by atoms with E-state index in [1.165, 1.54) is 6.42 Å². The molecule has 2 fully saturated rings. The van der Waals surface area contributed by atoms with E-state index in [0.29, 0.717) is 42.7 Å². The zero-order chi connectivity index (χ0) is 19.6. The summed E-state index contributed by atoms with van der Waals surface area (Å²) in [4.78, 5) is 15.1. The molecule has 2 aliphatic heterocycles. The van der Waals surface area contributed by atoms with E-state index >= 15 is 0 Å². The second kappa shape index (κ2) is 8.31. The van der Waals surface area contributed by atoms with Crippen molar-refractivity contribution in [2.24, 2.45) is 11.8 Å². The molecule has 0 N–H and O–H groups in total. The van der Waals surface area contributed by atoms with E-state index in [1.807, 2.05) is 17.0 Å². The number of sulfonamides is 1. The minimum absolute atomic E-state index is 0.0370. The van der Waals surface area contributed by atoms with Gasteiger partial charge in [-0.05, 0) is 55.2 Å². The second-order valence-electron chi connectivity index (χ2n) is 8.43. The third-order valence-corrected chi connectivity index (χ3v) is 7.87. The quantitative estimate of drug-likeness (QED) is 0.788. The van der Waals surface area contributed by atoms with Gasteiger partial charge in [-0.1, -0.05) is 32.9 Å². The molecule has 0 saturated carbocycles. The van der Waals surface area contributed by atoms with E-state index in [4.69, 9.17) is 0 Å². The van der Waals surface area contributed by atoms with E-state index in [2.05, 4.69) is 20.8 Å². The fourth-order valence-electron chi connectivity index (χ4n) is 4.16. The monoisotopic (exact) mass is 392 g/mol. The molecule has 2 heterocycles. The van der Waals surface area contributed by atoms with Crippen molar-refractivity contribution in [2.45, 2.75) is 57.3 Å². The maximum Gasteiger partial charge on any atom is 0.243 e. The molecule has 1 aromatic rings. The molecule has 150 valence electrons. The van der Waals surface area contributed by atoms with Gasteiger partial charge in [-0.25, -0.2) is 8.42 Å². The van der Waals surface area contributed by atoms with Crippen LogP contribution in [0, 0.1) is 11.8 Å². The number of benzene rings is 1. The van der Waals surface area contributed by atoms with Crippen LogP contribution >= 0.6 is 0 Å². The lowest BCUT2D eigenvalue weighted by atomic mass is 9.93. The van der Waals surface area contributed by atoms with Gasteiger partial charge in [0.1, 0.15) is 0 Å². The molecule has 1 unspecified atom stereocenters. The van der Waals surface area contributed by atoms with E-state index < -0.39 is 10.0 Å². The Morgan fingerprint density at radius 3 is 2.22 bits per heavy atom. The Morgan fingerprint density at radius 2 is 1.67 bits per heavy atom. The average Bonchev–Trinajstić information content (AvgIpc) is 2.67.